The fourth-order valence-corrected chi connectivity index (χ4v) is 6.23. The molecule has 2 bridgehead atoms. The normalized spacial score (nSPS) is 21.9. The first-order valence-electron chi connectivity index (χ1n) is 12.5. The van der Waals surface area contributed by atoms with Crippen LogP contribution >= 0.6 is 0 Å². The van der Waals surface area contributed by atoms with Gasteiger partial charge in [-0.2, -0.15) is 0 Å². The number of aryl methyl sites for hydroxylation is 1. The summed E-state index contributed by atoms with van der Waals surface area (Å²) < 4.78 is 17.3. The maximum atomic E-state index is 15.2. The Balaban J connectivity index is 1.41. The third kappa shape index (κ3) is 3.54. The summed E-state index contributed by atoms with van der Waals surface area (Å²) in [5.74, 6) is 1.22. The van der Waals surface area contributed by atoms with Gasteiger partial charge in [-0.1, -0.05) is 6.08 Å². The van der Waals surface area contributed by atoms with Crippen LogP contribution in [-0.2, 0) is 0 Å². The second-order valence-corrected chi connectivity index (χ2v) is 10.4. The molecule has 2 saturated heterocycles. The van der Waals surface area contributed by atoms with Gasteiger partial charge in [-0.3, -0.25) is 4.79 Å². The molecule has 1 N–H and O–H groups in total. The van der Waals surface area contributed by atoms with Crippen LogP contribution in [0.5, 0.6) is 0 Å². The smallest absolute Gasteiger partial charge is 0.256 e. The Hall–Kier alpha value is -3.26. The Kier molecular flexibility index (Phi) is 5.18. The molecule has 6 rings (SSSR count). The molecular weight excluding hydrogens is 443 g/mol. The molecule has 35 heavy (non-hydrogen) atoms. The summed E-state index contributed by atoms with van der Waals surface area (Å²) in [5.41, 5.74) is 4.24. The van der Waals surface area contributed by atoms with Crippen molar-refractivity contribution in [2.45, 2.75) is 51.7 Å². The van der Waals surface area contributed by atoms with Crippen LogP contribution in [-0.4, -0.2) is 69.0 Å². The van der Waals surface area contributed by atoms with Crippen molar-refractivity contribution in [3.8, 4) is 0 Å². The highest BCUT2D eigenvalue weighted by Crippen LogP contribution is 2.36. The van der Waals surface area contributed by atoms with E-state index in [0.29, 0.717) is 17.6 Å². The van der Waals surface area contributed by atoms with Crippen molar-refractivity contribution >= 4 is 28.3 Å². The Morgan fingerprint density at radius 1 is 1.17 bits per heavy atom. The summed E-state index contributed by atoms with van der Waals surface area (Å²) in [5, 5.41) is 3.30. The molecular formula is C27H31FN6O. The van der Waals surface area contributed by atoms with Crippen LogP contribution in [0.15, 0.2) is 30.5 Å². The summed E-state index contributed by atoms with van der Waals surface area (Å²) in [6, 6.07) is 6.16. The number of hydrogen-bond acceptors (Lipinski definition) is 5. The first kappa shape index (κ1) is 22.2. The lowest BCUT2D eigenvalue weighted by atomic mass is 9.94. The quantitative estimate of drug-likeness (QED) is 0.615. The fraction of sp³-hybridized carbons (Fsp3) is 0.444. The number of likely N-dealkylation sites (N-methyl/N-ethyl adjacent to an activating group) is 1. The van der Waals surface area contributed by atoms with Crippen molar-refractivity contribution in [3.63, 3.8) is 0 Å². The predicted octanol–water partition coefficient (Wildman–Crippen LogP) is 4.24. The van der Waals surface area contributed by atoms with E-state index in [2.05, 4.69) is 50.5 Å². The number of anilines is 1. The van der Waals surface area contributed by atoms with Crippen LogP contribution in [0, 0.1) is 12.7 Å². The number of pyridine rings is 1. The summed E-state index contributed by atoms with van der Waals surface area (Å²) in [4.78, 5) is 27.1. The largest absolute Gasteiger partial charge is 0.366 e. The monoisotopic (exact) mass is 474 g/mol. The van der Waals surface area contributed by atoms with Crippen molar-refractivity contribution in [3.05, 3.63) is 58.8 Å². The van der Waals surface area contributed by atoms with E-state index in [4.69, 9.17) is 0 Å². The van der Waals surface area contributed by atoms with Crippen molar-refractivity contribution in [2.75, 3.05) is 32.0 Å². The number of carbonyl (C=O) groups is 1. The minimum atomic E-state index is -0.338. The highest BCUT2D eigenvalue weighted by Gasteiger charge is 2.42. The topological polar surface area (TPSA) is 66.3 Å². The number of imidazole rings is 1. The Labute approximate surface area is 204 Å². The van der Waals surface area contributed by atoms with Crippen molar-refractivity contribution in [2.24, 2.45) is 0 Å². The molecule has 8 heteroatoms. The number of likely N-dealkylation sites (tertiary alicyclic amines) is 1. The van der Waals surface area contributed by atoms with E-state index in [9.17, 15) is 4.79 Å². The minimum absolute atomic E-state index is 0.0426. The number of nitrogens with one attached hydrogen (secondary N) is 1. The van der Waals surface area contributed by atoms with Gasteiger partial charge in [0.05, 0.1) is 11.1 Å². The maximum absolute atomic E-state index is 15.2. The minimum Gasteiger partial charge on any atom is -0.366 e. The molecule has 7 nitrogen and oxygen atoms in total. The zero-order chi connectivity index (χ0) is 24.4. The summed E-state index contributed by atoms with van der Waals surface area (Å²) in [6.45, 7) is 8.47. The predicted molar refractivity (Wildman–Crippen MR) is 135 cm³/mol. The first-order chi connectivity index (χ1) is 16.8. The number of piperazine rings is 1. The van der Waals surface area contributed by atoms with Crippen LogP contribution in [0.3, 0.4) is 0 Å². The van der Waals surface area contributed by atoms with E-state index in [1.807, 2.05) is 25.1 Å². The molecule has 3 aliphatic rings. The zero-order valence-corrected chi connectivity index (χ0v) is 20.7. The van der Waals surface area contributed by atoms with E-state index < -0.39 is 0 Å². The van der Waals surface area contributed by atoms with Gasteiger partial charge in [-0.05, 0) is 70.0 Å². The molecule has 182 valence electrons. The molecule has 0 aliphatic carbocycles. The summed E-state index contributed by atoms with van der Waals surface area (Å²) >= 11 is 0. The summed E-state index contributed by atoms with van der Waals surface area (Å²) in [6.07, 6.45) is 5.82. The number of nitrogens with zero attached hydrogens (tertiary/aromatic N) is 5. The molecule has 2 aromatic heterocycles. The molecule has 0 saturated carbocycles. The Morgan fingerprint density at radius 3 is 2.63 bits per heavy atom. The SMILES string of the molecule is Cc1nc2c(F)cc(C3=CCNc4ncc(C(=O)N5C6CCC5CN(C)C6)cc43)cc2n1C(C)C. The second-order valence-electron chi connectivity index (χ2n) is 10.4. The molecule has 2 unspecified atom stereocenters. The van der Waals surface area contributed by atoms with E-state index in [1.165, 1.54) is 0 Å². The Morgan fingerprint density at radius 2 is 1.91 bits per heavy atom. The van der Waals surface area contributed by atoms with Crippen LogP contribution in [0.1, 0.15) is 60.0 Å². The van der Waals surface area contributed by atoms with Gasteiger partial charge in [-0.25, -0.2) is 14.4 Å². The zero-order valence-electron chi connectivity index (χ0n) is 20.7. The van der Waals surface area contributed by atoms with Crippen molar-refractivity contribution in [1.29, 1.82) is 0 Å². The van der Waals surface area contributed by atoms with Crippen LogP contribution in [0.4, 0.5) is 10.2 Å². The number of amides is 1. The first-order valence-corrected chi connectivity index (χ1v) is 12.5. The van der Waals surface area contributed by atoms with Gasteiger partial charge in [0.2, 0.25) is 0 Å². The average Bonchev–Trinajstić information content (AvgIpc) is 3.31. The third-order valence-electron chi connectivity index (χ3n) is 7.65. The van der Waals surface area contributed by atoms with Gasteiger partial charge in [0.1, 0.15) is 17.2 Å². The molecule has 0 spiro atoms. The lowest BCUT2D eigenvalue weighted by Crippen LogP contribution is -2.54. The van der Waals surface area contributed by atoms with Crippen molar-refractivity contribution in [1.82, 2.24) is 24.3 Å². The molecule has 3 aliphatic heterocycles. The standard InChI is InChI=1S/C27H31FN6O/c1-15(2)33-16(3)31-25-23(28)10-17(11-24(25)33)21-7-8-29-26-22(21)9-18(12-30-26)27(35)34-19-5-6-20(34)14-32(4)13-19/h7,9-12,15,19-20H,5-6,8,13-14H2,1-4H3,(H,29,30). The lowest BCUT2D eigenvalue weighted by Gasteiger charge is -2.39. The molecule has 5 heterocycles. The number of aromatic nitrogens is 3. The van der Waals surface area contributed by atoms with Crippen molar-refractivity contribution < 1.29 is 9.18 Å². The van der Waals surface area contributed by atoms with E-state index in [1.54, 1.807) is 12.3 Å². The highest BCUT2D eigenvalue weighted by atomic mass is 19.1. The van der Waals surface area contributed by atoms with Crippen LogP contribution in [0.25, 0.3) is 16.6 Å². The van der Waals surface area contributed by atoms with Gasteiger partial charge in [0.25, 0.3) is 5.91 Å². The third-order valence-corrected chi connectivity index (χ3v) is 7.65. The van der Waals surface area contributed by atoms with E-state index >= 15 is 4.39 Å². The second kappa shape index (κ2) is 8.16. The van der Waals surface area contributed by atoms with E-state index in [-0.39, 0.29) is 29.8 Å². The molecule has 2 fully saturated rings. The van der Waals surface area contributed by atoms with Gasteiger partial charge in [-0.15, -0.1) is 0 Å². The number of halogens is 1. The maximum Gasteiger partial charge on any atom is 0.256 e. The molecule has 3 aromatic rings. The summed E-state index contributed by atoms with van der Waals surface area (Å²) in [7, 11) is 2.12. The molecule has 1 aromatic carbocycles. The van der Waals surface area contributed by atoms with E-state index in [0.717, 1.165) is 59.8 Å². The van der Waals surface area contributed by atoms with Gasteiger partial charge < -0.3 is 19.7 Å². The number of hydrogen-bond donors (Lipinski definition) is 1. The highest BCUT2D eigenvalue weighted by molar-refractivity contribution is 5.98. The number of benzene rings is 1. The van der Waals surface area contributed by atoms with Crippen LogP contribution < -0.4 is 5.32 Å². The fourth-order valence-electron chi connectivity index (χ4n) is 6.23. The lowest BCUT2D eigenvalue weighted by molar-refractivity contribution is 0.0472. The van der Waals surface area contributed by atoms with Gasteiger partial charge >= 0.3 is 0 Å². The molecule has 0 radical (unpaired) electrons. The molecule has 2 atom stereocenters. The Bertz CT molecular complexity index is 1360. The number of rotatable bonds is 3. The number of carbonyl (C=O) groups excluding carboxylic acids is 1. The molecule has 1 amide bonds. The van der Waals surface area contributed by atoms with Gasteiger partial charge in [0.15, 0.2) is 5.82 Å². The van der Waals surface area contributed by atoms with Gasteiger partial charge in [0, 0.05) is 49.5 Å². The average molecular weight is 475 g/mol. The number of fused-ring (bicyclic) bond motifs is 4. The van der Waals surface area contributed by atoms with Crippen LogP contribution in [0.2, 0.25) is 0 Å².